The van der Waals surface area contributed by atoms with E-state index in [2.05, 4.69) is 33.4 Å². The number of nitrogens with one attached hydrogen (secondary N) is 1. The van der Waals surface area contributed by atoms with Crippen molar-refractivity contribution in [3.63, 3.8) is 0 Å². The average Bonchev–Trinajstić information content (AvgIpc) is 3.32. The normalized spacial score (nSPS) is 20.4. The van der Waals surface area contributed by atoms with Crippen LogP contribution in [0.25, 0.3) is 10.6 Å². The van der Waals surface area contributed by atoms with Crippen LogP contribution in [-0.2, 0) is 12.8 Å². The average molecular weight is 485 g/mol. The molecule has 6 heteroatoms. The molecule has 2 aromatic heterocycles. The highest BCUT2D eigenvalue weighted by Crippen LogP contribution is 2.29. The largest absolute Gasteiger partial charge is 0.349 e. The third-order valence-corrected chi connectivity index (χ3v) is 8.62. The van der Waals surface area contributed by atoms with Gasteiger partial charge in [0.2, 0.25) is 0 Å². The van der Waals surface area contributed by atoms with Gasteiger partial charge in [0.25, 0.3) is 5.91 Å². The molecule has 0 unspecified atom stereocenters. The van der Waals surface area contributed by atoms with Crippen molar-refractivity contribution in [2.75, 3.05) is 19.6 Å². The van der Waals surface area contributed by atoms with E-state index < -0.39 is 0 Å². The molecule has 2 aliphatic rings. The first-order valence-electron chi connectivity index (χ1n) is 12.7. The summed E-state index contributed by atoms with van der Waals surface area (Å²) in [6.07, 6.45) is 9.64. The van der Waals surface area contributed by atoms with Crippen molar-refractivity contribution in [1.29, 1.82) is 5.26 Å². The summed E-state index contributed by atoms with van der Waals surface area (Å²) in [5.74, 6) is 0.792. The quantitative estimate of drug-likeness (QED) is 0.504. The Labute approximate surface area is 211 Å². The van der Waals surface area contributed by atoms with Crippen LogP contribution in [0.4, 0.5) is 0 Å². The number of nitriles is 1. The van der Waals surface area contributed by atoms with Gasteiger partial charge in [0, 0.05) is 25.3 Å². The lowest BCUT2D eigenvalue weighted by molar-refractivity contribution is 0.0924. The Hall–Kier alpha value is -3.01. The van der Waals surface area contributed by atoms with E-state index in [1.165, 1.54) is 41.7 Å². The SMILES string of the molecule is N#Cc1ccc2c(c1)CCN(CCC1CCC(NC(=O)c3ccc(-c4ccccn4)s3)CC1)CC2. The monoisotopic (exact) mass is 484 g/mol. The summed E-state index contributed by atoms with van der Waals surface area (Å²) in [4.78, 5) is 21.6. The molecule has 1 saturated carbocycles. The molecule has 0 atom stereocenters. The maximum Gasteiger partial charge on any atom is 0.261 e. The topological polar surface area (TPSA) is 69.0 Å². The van der Waals surface area contributed by atoms with E-state index in [1.807, 2.05) is 36.4 Å². The van der Waals surface area contributed by atoms with Gasteiger partial charge < -0.3 is 10.2 Å². The third-order valence-electron chi connectivity index (χ3n) is 7.51. The minimum absolute atomic E-state index is 0.0457. The van der Waals surface area contributed by atoms with Gasteiger partial charge in [-0.1, -0.05) is 12.1 Å². The lowest BCUT2D eigenvalue weighted by Crippen LogP contribution is -2.38. The zero-order valence-electron chi connectivity index (χ0n) is 20.1. The summed E-state index contributed by atoms with van der Waals surface area (Å²) in [7, 11) is 0. The second kappa shape index (κ2) is 11.2. The third kappa shape index (κ3) is 5.98. The second-order valence-corrected chi connectivity index (χ2v) is 10.9. The van der Waals surface area contributed by atoms with E-state index >= 15 is 0 Å². The molecule has 1 N–H and O–H groups in total. The highest BCUT2D eigenvalue weighted by atomic mass is 32.1. The Morgan fingerprint density at radius 1 is 1.06 bits per heavy atom. The minimum Gasteiger partial charge on any atom is -0.349 e. The molecule has 1 aromatic carbocycles. The molecule has 5 nitrogen and oxygen atoms in total. The van der Waals surface area contributed by atoms with Gasteiger partial charge in [-0.2, -0.15) is 5.26 Å². The van der Waals surface area contributed by atoms with Crippen molar-refractivity contribution in [3.8, 4) is 16.6 Å². The second-order valence-electron chi connectivity index (χ2n) is 9.80. The number of benzene rings is 1. The van der Waals surface area contributed by atoms with Crippen molar-refractivity contribution < 1.29 is 4.79 Å². The first kappa shape index (κ1) is 23.7. The van der Waals surface area contributed by atoms with E-state index in [9.17, 15) is 10.1 Å². The molecular weight excluding hydrogens is 452 g/mol. The number of hydrogen-bond acceptors (Lipinski definition) is 5. The number of hydrogen-bond donors (Lipinski definition) is 1. The van der Waals surface area contributed by atoms with Crippen LogP contribution in [0, 0.1) is 17.2 Å². The van der Waals surface area contributed by atoms with E-state index in [0.717, 1.165) is 72.2 Å². The number of amides is 1. The van der Waals surface area contributed by atoms with Crippen molar-refractivity contribution in [2.45, 2.75) is 51.0 Å². The fraction of sp³-hybridized carbons (Fsp3) is 0.414. The first-order valence-corrected chi connectivity index (χ1v) is 13.6. The molecule has 0 bridgehead atoms. The van der Waals surface area contributed by atoms with Crippen molar-refractivity contribution in [1.82, 2.24) is 15.2 Å². The highest BCUT2D eigenvalue weighted by molar-refractivity contribution is 7.17. The van der Waals surface area contributed by atoms with Gasteiger partial charge in [0.15, 0.2) is 0 Å². The van der Waals surface area contributed by atoms with Crippen LogP contribution in [0.15, 0.2) is 54.7 Å². The minimum atomic E-state index is 0.0457. The number of fused-ring (bicyclic) bond motifs is 1. The molecule has 35 heavy (non-hydrogen) atoms. The Kier molecular flexibility index (Phi) is 7.56. The van der Waals surface area contributed by atoms with Crippen LogP contribution in [-0.4, -0.2) is 41.5 Å². The predicted octanol–water partition coefficient (Wildman–Crippen LogP) is 5.46. The Morgan fingerprint density at radius 3 is 2.66 bits per heavy atom. The number of pyridine rings is 1. The number of nitrogens with zero attached hydrogens (tertiary/aromatic N) is 3. The molecule has 1 aliphatic heterocycles. The van der Waals surface area contributed by atoms with Crippen molar-refractivity contribution >= 4 is 17.2 Å². The smallest absolute Gasteiger partial charge is 0.261 e. The number of rotatable bonds is 6. The fourth-order valence-electron chi connectivity index (χ4n) is 5.39. The van der Waals surface area contributed by atoms with E-state index in [1.54, 1.807) is 6.20 Å². The van der Waals surface area contributed by atoms with E-state index in [0.29, 0.717) is 0 Å². The van der Waals surface area contributed by atoms with Crippen LogP contribution in [0.1, 0.15) is 58.5 Å². The Balaban J connectivity index is 1.05. The molecule has 3 aromatic rings. The fourth-order valence-corrected chi connectivity index (χ4v) is 6.27. The number of thiophene rings is 1. The van der Waals surface area contributed by atoms with Crippen LogP contribution in [0.2, 0.25) is 0 Å². The van der Waals surface area contributed by atoms with Crippen LogP contribution < -0.4 is 5.32 Å². The molecule has 1 aliphatic carbocycles. The maximum atomic E-state index is 12.8. The predicted molar refractivity (Wildman–Crippen MR) is 140 cm³/mol. The van der Waals surface area contributed by atoms with Gasteiger partial charge in [-0.15, -0.1) is 11.3 Å². The molecule has 0 saturated heterocycles. The highest BCUT2D eigenvalue weighted by Gasteiger charge is 2.24. The van der Waals surface area contributed by atoms with Crippen molar-refractivity contribution in [2.24, 2.45) is 5.92 Å². The van der Waals surface area contributed by atoms with Gasteiger partial charge >= 0.3 is 0 Å². The summed E-state index contributed by atoms with van der Waals surface area (Å²) in [6.45, 7) is 3.33. The van der Waals surface area contributed by atoms with Crippen molar-refractivity contribution in [3.05, 3.63) is 76.3 Å². The molecule has 0 spiro atoms. The van der Waals surface area contributed by atoms with Gasteiger partial charge in [0.1, 0.15) is 0 Å². The van der Waals surface area contributed by atoms with Gasteiger partial charge in [-0.25, -0.2) is 0 Å². The number of carbonyl (C=O) groups is 1. The zero-order chi connectivity index (χ0) is 24.0. The molecule has 3 heterocycles. The summed E-state index contributed by atoms with van der Waals surface area (Å²) in [6, 6.07) is 18.5. The lowest BCUT2D eigenvalue weighted by Gasteiger charge is -2.30. The zero-order valence-corrected chi connectivity index (χ0v) is 20.9. The molecule has 5 rings (SSSR count). The van der Waals surface area contributed by atoms with Gasteiger partial charge in [-0.05, 0) is 105 Å². The molecule has 1 fully saturated rings. The summed E-state index contributed by atoms with van der Waals surface area (Å²) in [5.41, 5.74) is 4.44. The number of aromatic nitrogens is 1. The summed E-state index contributed by atoms with van der Waals surface area (Å²) in [5, 5.41) is 12.4. The first-order chi connectivity index (χ1) is 17.2. The summed E-state index contributed by atoms with van der Waals surface area (Å²) >= 11 is 1.51. The lowest BCUT2D eigenvalue weighted by atomic mass is 9.84. The number of carbonyl (C=O) groups excluding carboxylic acids is 1. The molecule has 0 radical (unpaired) electrons. The molecule has 1 amide bonds. The Morgan fingerprint density at radius 2 is 1.89 bits per heavy atom. The van der Waals surface area contributed by atoms with E-state index in [4.69, 9.17) is 0 Å². The van der Waals surface area contributed by atoms with Crippen LogP contribution in [0.3, 0.4) is 0 Å². The van der Waals surface area contributed by atoms with Gasteiger partial charge in [-0.3, -0.25) is 9.78 Å². The van der Waals surface area contributed by atoms with Crippen LogP contribution in [0.5, 0.6) is 0 Å². The van der Waals surface area contributed by atoms with Gasteiger partial charge in [0.05, 0.1) is 27.1 Å². The molecular formula is C29H32N4OS. The summed E-state index contributed by atoms with van der Waals surface area (Å²) < 4.78 is 0. The maximum absolute atomic E-state index is 12.8. The molecule has 180 valence electrons. The van der Waals surface area contributed by atoms with Crippen LogP contribution >= 0.6 is 11.3 Å². The standard InChI is InChI=1S/C29H32N4OS/c30-20-22-4-7-23-13-17-33(18-14-24(23)19-22)16-12-21-5-8-25(9-6-21)32-29(34)28-11-10-27(35-28)26-3-1-2-15-31-26/h1-4,7,10-11,15,19,21,25H,5-6,8-9,12-14,16-18H2,(H,32,34). The Bertz CT molecular complexity index is 1190. The van der Waals surface area contributed by atoms with E-state index in [-0.39, 0.29) is 11.9 Å².